The molecule has 0 amide bonds. The molecule has 0 unspecified atom stereocenters. The van der Waals surface area contributed by atoms with Crippen molar-refractivity contribution in [3.63, 3.8) is 0 Å². The van der Waals surface area contributed by atoms with Gasteiger partial charge < -0.3 is 14.4 Å². The zero-order chi connectivity index (χ0) is 37.5. The minimum Gasteiger partial charge on any atom is -0.500 e. The molecule has 10 aromatic rings. The SMILES string of the molecule is Cc1cnc(-c2[c-]ccc3c2oc2c4ccccc4ccc32)cc1-c1ccc2nc(-c3c(C)cccc3C)ccc2c1C.[Ir].[c-]1ccccc1-c1ccccn1. The summed E-state index contributed by atoms with van der Waals surface area (Å²) in [7, 11) is 0. The van der Waals surface area contributed by atoms with Gasteiger partial charge >= 0.3 is 0 Å². The molecule has 0 saturated carbocycles. The van der Waals surface area contributed by atoms with Gasteiger partial charge in [-0.25, -0.2) is 4.98 Å². The Morgan fingerprint density at radius 1 is 0.518 bits per heavy atom. The summed E-state index contributed by atoms with van der Waals surface area (Å²) in [6.45, 7) is 8.61. The minimum atomic E-state index is 0. The zero-order valence-corrected chi connectivity index (χ0v) is 33.9. The number of benzene rings is 6. The Balaban J connectivity index is 0.000000290. The fraction of sp³-hybridized carbons (Fsp3) is 0.0784. The summed E-state index contributed by atoms with van der Waals surface area (Å²) in [6, 6.07) is 54.3. The van der Waals surface area contributed by atoms with Crippen LogP contribution < -0.4 is 0 Å². The second-order valence-electron chi connectivity index (χ2n) is 14.0. The summed E-state index contributed by atoms with van der Waals surface area (Å²) in [6.07, 6.45) is 3.75. The van der Waals surface area contributed by atoms with E-state index in [9.17, 15) is 0 Å². The number of fused-ring (bicyclic) bond motifs is 6. The Morgan fingerprint density at radius 3 is 2.11 bits per heavy atom. The second-order valence-corrected chi connectivity index (χ2v) is 14.0. The van der Waals surface area contributed by atoms with Crippen LogP contribution in [0, 0.1) is 39.8 Å². The third-order valence-corrected chi connectivity index (χ3v) is 10.5. The Labute approximate surface area is 340 Å². The molecule has 1 radical (unpaired) electrons. The number of aromatic nitrogens is 3. The van der Waals surface area contributed by atoms with Gasteiger partial charge in [0, 0.05) is 54.2 Å². The average molecular weight is 900 g/mol. The van der Waals surface area contributed by atoms with E-state index in [2.05, 4.69) is 136 Å². The van der Waals surface area contributed by atoms with Gasteiger partial charge in [-0.15, -0.1) is 54.1 Å². The molecular weight excluding hydrogens is 863 g/mol. The summed E-state index contributed by atoms with van der Waals surface area (Å²) in [4.78, 5) is 14.2. The summed E-state index contributed by atoms with van der Waals surface area (Å²) in [5.74, 6) is 0. The van der Waals surface area contributed by atoms with Crippen LogP contribution in [0.15, 0.2) is 156 Å². The quantitative estimate of drug-likeness (QED) is 0.165. The number of pyridine rings is 3. The van der Waals surface area contributed by atoms with Crippen molar-refractivity contribution in [2.75, 3.05) is 0 Å². The van der Waals surface area contributed by atoms with Crippen molar-refractivity contribution in [2.45, 2.75) is 27.7 Å². The summed E-state index contributed by atoms with van der Waals surface area (Å²) in [5.41, 5.74) is 15.8. The van der Waals surface area contributed by atoms with E-state index >= 15 is 0 Å². The number of aryl methyl sites for hydroxylation is 4. The standard InChI is InChI=1S/C40H29N2O.C11H8N.Ir/c1-23-9-7-10-24(2)38(23)36-20-18-29-26(4)28(17-19-35(29)42-36)34-21-37(41-22-25(34)3)33-14-8-13-31-32-16-15-27-11-5-6-12-30(27)39(32)43-40(31)33;1-2-6-10(7-3-1)11-8-4-5-9-12-11;/h5-13,15-22H,1-4H3;1-6,8-9H;/q2*-1;. The van der Waals surface area contributed by atoms with Gasteiger partial charge in [-0.3, -0.25) is 0 Å². The molecule has 0 saturated heterocycles. The van der Waals surface area contributed by atoms with Crippen molar-refractivity contribution in [1.82, 2.24) is 15.0 Å². The predicted molar refractivity (Wildman–Crippen MR) is 227 cm³/mol. The van der Waals surface area contributed by atoms with Crippen LogP contribution in [0.1, 0.15) is 22.3 Å². The van der Waals surface area contributed by atoms with Gasteiger partial charge in [0.2, 0.25) is 0 Å². The Morgan fingerprint density at radius 2 is 1.30 bits per heavy atom. The van der Waals surface area contributed by atoms with Crippen LogP contribution >= 0.6 is 0 Å². The molecule has 0 bridgehead atoms. The number of hydrogen-bond acceptors (Lipinski definition) is 4. The predicted octanol–water partition coefficient (Wildman–Crippen LogP) is 13.3. The van der Waals surface area contributed by atoms with Crippen LogP contribution in [0.3, 0.4) is 0 Å². The van der Waals surface area contributed by atoms with Gasteiger partial charge in [-0.05, 0) is 96.0 Å². The van der Waals surface area contributed by atoms with Crippen LogP contribution in [0.4, 0.5) is 0 Å². The van der Waals surface area contributed by atoms with E-state index < -0.39 is 0 Å². The van der Waals surface area contributed by atoms with Gasteiger partial charge in [0.25, 0.3) is 0 Å². The molecular formula is C51H37IrN3O-2. The zero-order valence-electron chi connectivity index (χ0n) is 31.5. The molecule has 10 rings (SSSR count). The van der Waals surface area contributed by atoms with Crippen molar-refractivity contribution >= 4 is 43.6 Å². The molecule has 5 heteroatoms. The van der Waals surface area contributed by atoms with E-state index in [-0.39, 0.29) is 20.1 Å². The van der Waals surface area contributed by atoms with Crippen LogP contribution in [-0.2, 0) is 20.1 Å². The number of furan rings is 1. The number of nitrogens with zero attached hydrogens (tertiary/aromatic N) is 3. The summed E-state index contributed by atoms with van der Waals surface area (Å²) in [5, 5.41) is 5.61. The maximum atomic E-state index is 6.59. The fourth-order valence-electron chi connectivity index (χ4n) is 7.69. The topological polar surface area (TPSA) is 51.8 Å². The van der Waals surface area contributed by atoms with Crippen molar-refractivity contribution in [3.05, 3.63) is 186 Å². The maximum absolute atomic E-state index is 6.59. The van der Waals surface area contributed by atoms with Gasteiger partial charge in [0.1, 0.15) is 5.58 Å². The third-order valence-electron chi connectivity index (χ3n) is 10.5. The van der Waals surface area contributed by atoms with Crippen molar-refractivity contribution in [1.29, 1.82) is 0 Å². The number of rotatable bonds is 4. The Kier molecular flexibility index (Phi) is 10.1. The normalized spacial score (nSPS) is 11.1. The smallest absolute Gasteiger partial charge is 0.128 e. The van der Waals surface area contributed by atoms with Crippen molar-refractivity contribution in [3.8, 4) is 44.9 Å². The van der Waals surface area contributed by atoms with E-state index in [1.54, 1.807) is 6.20 Å². The van der Waals surface area contributed by atoms with E-state index in [1.807, 2.05) is 54.7 Å². The Hall–Kier alpha value is -6.26. The van der Waals surface area contributed by atoms with Crippen LogP contribution in [0.5, 0.6) is 0 Å². The van der Waals surface area contributed by atoms with Gasteiger partial charge in [0.05, 0.1) is 16.8 Å². The molecule has 0 fully saturated rings. The fourth-order valence-corrected chi connectivity index (χ4v) is 7.69. The van der Waals surface area contributed by atoms with E-state index in [0.29, 0.717) is 0 Å². The van der Waals surface area contributed by atoms with E-state index in [1.165, 1.54) is 27.8 Å². The van der Waals surface area contributed by atoms with Crippen molar-refractivity contribution in [2.24, 2.45) is 0 Å². The molecule has 4 nitrogen and oxygen atoms in total. The average Bonchev–Trinajstić information content (AvgIpc) is 3.62. The number of hydrogen-bond donors (Lipinski definition) is 0. The van der Waals surface area contributed by atoms with Gasteiger partial charge in [-0.2, -0.15) is 0 Å². The largest absolute Gasteiger partial charge is 0.500 e. The first-order valence-electron chi connectivity index (χ1n) is 18.5. The van der Waals surface area contributed by atoms with Crippen LogP contribution in [0.2, 0.25) is 0 Å². The maximum Gasteiger partial charge on any atom is 0.128 e. The van der Waals surface area contributed by atoms with Gasteiger partial charge in [0.15, 0.2) is 0 Å². The van der Waals surface area contributed by atoms with E-state index in [4.69, 9.17) is 14.4 Å². The molecule has 0 aliphatic rings. The summed E-state index contributed by atoms with van der Waals surface area (Å²) < 4.78 is 6.59. The molecule has 0 aliphatic heterocycles. The molecule has 0 spiro atoms. The molecule has 4 aromatic heterocycles. The third kappa shape index (κ3) is 6.70. The van der Waals surface area contributed by atoms with Crippen LogP contribution in [-0.4, -0.2) is 15.0 Å². The molecule has 6 aromatic carbocycles. The first-order chi connectivity index (χ1) is 26.9. The van der Waals surface area contributed by atoms with Crippen molar-refractivity contribution < 1.29 is 24.5 Å². The molecule has 0 atom stereocenters. The molecule has 4 heterocycles. The van der Waals surface area contributed by atoms with Crippen LogP contribution in [0.25, 0.3) is 88.5 Å². The monoisotopic (exact) mass is 900 g/mol. The second kappa shape index (κ2) is 15.5. The first-order valence-corrected chi connectivity index (χ1v) is 18.5. The summed E-state index contributed by atoms with van der Waals surface area (Å²) >= 11 is 0. The minimum absolute atomic E-state index is 0. The molecule has 0 N–H and O–H groups in total. The van der Waals surface area contributed by atoms with Gasteiger partial charge in [-0.1, -0.05) is 95.9 Å². The molecule has 273 valence electrons. The molecule has 56 heavy (non-hydrogen) atoms. The molecule has 0 aliphatic carbocycles. The Bertz CT molecular complexity index is 2970. The first kappa shape index (κ1) is 36.7. The van der Waals surface area contributed by atoms with E-state index in [0.717, 1.165) is 82.9 Å².